The van der Waals surface area contributed by atoms with E-state index in [-0.39, 0.29) is 0 Å². The summed E-state index contributed by atoms with van der Waals surface area (Å²) in [6, 6.07) is 0. The Morgan fingerprint density at radius 3 is 3.12 bits per heavy atom. The van der Waals surface area contributed by atoms with Crippen LogP contribution in [0.15, 0.2) is 24.7 Å². The molecule has 0 aliphatic carbocycles. The Balaban J connectivity index is 2.06. The average molecular weight is 213 g/mol. The van der Waals surface area contributed by atoms with E-state index < -0.39 is 0 Å². The number of rotatable bonds is 1. The first-order valence-corrected chi connectivity index (χ1v) is 5.09. The van der Waals surface area contributed by atoms with Gasteiger partial charge in [0.15, 0.2) is 5.82 Å². The summed E-state index contributed by atoms with van der Waals surface area (Å²) in [4.78, 5) is 8.87. The summed E-state index contributed by atoms with van der Waals surface area (Å²) in [6.45, 7) is 0.804. The van der Waals surface area contributed by atoms with Crippen LogP contribution in [-0.2, 0) is 7.05 Å². The molecule has 2 aromatic heterocycles. The molecule has 0 radical (unpaired) electrons. The summed E-state index contributed by atoms with van der Waals surface area (Å²) in [5.41, 5.74) is 2.71. The zero-order chi connectivity index (χ0) is 11.0. The van der Waals surface area contributed by atoms with E-state index >= 15 is 0 Å². The topological polar surface area (TPSA) is 55.6 Å². The van der Waals surface area contributed by atoms with Crippen molar-refractivity contribution in [2.75, 3.05) is 11.9 Å². The van der Waals surface area contributed by atoms with Gasteiger partial charge in [0, 0.05) is 25.4 Å². The fourth-order valence-electron chi connectivity index (χ4n) is 1.67. The molecule has 1 aliphatic heterocycles. The number of aryl methyl sites for hydroxylation is 1. The molecule has 80 valence electrons. The quantitative estimate of drug-likeness (QED) is 0.776. The predicted octanol–water partition coefficient (Wildman–Crippen LogP) is 1.32. The van der Waals surface area contributed by atoms with E-state index in [0.717, 1.165) is 29.3 Å². The van der Waals surface area contributed by atoms with Gasteiger partial charge < -0.3 is 5.32 Å². The molecule has 0 amide bonds. The van der Waals surface area contributed by atoms with Gasteiger partial charge in [0.2, 0.25) is 0 Å². The van der Waals surface area contributed by atoms with Crippen molar-refractivity contribution in [2.45, 2.75) is 0 Å². The third-order valence-corrected chi connectivity index (χ3v) is 2.46. The van der Waals surface area contributed by atoms with Crippen LogP contribution in [0.4, 0.5) is 5.82 Å². The minimum absolute atomic E-state index is 0.804. The highest BCUT2D eigenvalue weighted by molar-refractivity contribution is 5.67. The number of anilines is 1. The smallest absolute Gasteiger partial charge is 0.152 e. The fraction of sp³-hybridized carbons (Fsp3) is 0.182. The Bertz CT molecular complexity index is 555. The number of hydrogen-bond donors (Lipinski definition) is 1. The molecule has 0 aromatic carbocycles. The standard InChI is InChI=1S/C11H11N5/c1-16-7-8(5-14-16)10-6-13-9-3-2-4-12-11(9)15-10/h2-3,5-7H,4H2,1H3,(H,12,15). The van der Waals surface area contributed by atoms with Gasteiger partial charge in [-0.2, -0.15) is 5.10 Å². The molecule has 1 aliphatic rings. The normalized spacial score (nSPS) is 13.3. The van der Waals surface area contributed by atoms with Crippen LogP contribution in [0.5, 0.6) is 0 Å². The third kappa shape index (κ3) is 1.46. The molecule has 0 fully saturated rings. The Morgan fingerprint density at radius 2 is 2.31 bits per heavy atom. The minimum Gasteiger partial charge on any atom is -0.365 e. The second-order valence-corrected chi connectivity index (χ2v) is 3.68. The van der Waals surface area contributed by atoms with Crippen molar-refractivity contribution in [3.8, 4) is 11.3 Å². The molecule has 0 spiro atoms. The van der Waals surface area contributed by atoms with E-state index in [1.807, 2.05) is 25.4 Å². The molecule has 1 N–H and O–H groups in total. The number of aromatic nitrogens is 4. The molecule has 3 rings (SSSR count). The monoisotopic (exact) mass is 213 g/mol. The maximum atomic E-state index is 4.52. The minimum atomic E-state index is 0.804. The SMILES string of the molecule is Cn1cc(-c2cnc3c(n2)NCC=C3)cn1. The molecule has 2 aromatic rings. The van der Waals surface area contributed by atoms with Gasteiger partial charge in [-0.3, -0.25) is 9.67 Å². The summed E-state index contributed by atoms with van der Waals surface area (Å²) in [7, 11) is 1.89. The lowest BCUT2D eigenvalue weighted by atomic mass is 10.2. The Hall–Kier alpha value is -2.17. The Morgan fingerprint density at radius 1 is 1.38 bits per heavy atom. The van der Waals surface area contributed by atoms with Crippen LogP contribution in [0.2, 0.25) is 0 Å². The average Bonchev–Trinajstić information content (AvgIpc) is 2.75. The number of hydrogen-bond acceptors (Lipinski definition) is 4. The highest BCUT2D eigenvalue weighted by Crippen LogP contribution is 2.21. The summed E-state index contributed by atoms with van der Waals surface area (Å²) in [6.07, 6.45) is 9.49. The van der Waals surface area contributed by atoms with Gasteiger partial charge in [0.1, 0.15) is 5.69 Å². The van der Waals surface area contributed by atoms with E-state index in [2.05, 4.69) is 20.4 Å². The second-order valence-electron chi connectivity index (χ2n) is 3.68. The van der Waals surface area contributed by atoms with Crippen molar-refractivity contribution in [3.05, 3.63) is 30.4 Å². The van der Waals surface area contributed by atoms with Crippen molar-refractivity contribution in [1.82, 2.24) is 19.7 Å². The van der Waals surface area contributed by atoms with Crippen molar-refractivity contribution in [1.29, 1.82) is 0 Å². The zero-order valence-electron chi connectivity index (χ0n) is 8.88. The highest BCUT2D eigenvalue weighted by Gasteiger charge is 2.09. The van der Waals surface area contributed by atoms with Crippen LogP contribution in [-0.4, -0.2) is 26.3 Å². The lowest BCUT2D eigenvalue weighted by molar-refractivity contribution is 0.768. The largest absolute Gasteiger partial charge is 0.365 e. The van der Waals surface area contributed by atoms with Crippen LogP contribution < -0.4 is 5.32 Å². The van der Waals surface area contributed by atoms with E-state index in [1.165, 1.54) is 0 Å². The van der Waals surface area contributed by atoms with Gasteiger partial charge in [-0.15, -0.1) is 0 Å². The van der Waals surface area contributed by atoms with Crippen LogP contribution >= 0.6 is 0 Å². The molecule has 16 heavy (non-hydrogen) atoms. The zero-order valence-corrected chi connectivity index (χ0v) is 8.88. The van der Waals surface area contributed by atoms with Gasteiger partial charge >= 0.3 is 0 Å². The van der Waals surface area contributed by atoms with E-state index in [4.69, 9.17) is 0 Å². The molecule has 0 atom stereocenters. The summed E-state index contributed by atoms with van der Waals surface area (Å²) >= 11 is 0. The fourth-order valence-corrected chi connectivity index (χ4v) is 1.67. The van der Waals surface area contributed by atoms with E-state index in [0.29, 0.717) is 0 Å². The van der Waals surface area contributed by atoms with Crippen LogP contribution in [0, 0.1) is 0 Å². The first kappa shape index (κ1) is 9.08. The Kier molecular flexibility index (Phi) is 1.96. The van der Waals surface area contributed by atoms with Gasteiger partial charge in [0.05, 0.1) is 18.1 Å². The molecule has 5 heteroatoms. The molecule has 0 saturated carbocycles. The highest BCUT2D eigenvalue weighted by atomic mass is 15.2. The van der Waals surface area contributed by atoms with Crippen molar-refractivity contribution < 1.29 is 0 Å². The lowest BCUT2D eigenvalue weighted by Gasteiger charge is -2.11. The molecule has 3 heterocycles. The first-order valence-electron chi connectivity index (χ1n) is 5.09. The number of nitrogens with zero attached hydrogens (tertiary/aromatic N) is 4. The van der Waals surface area contributed by atoms with Gasteiger partial charge in [-0.05, 0) is 6.08 Å². The van der Waals surface area contributed by atoms with Crippen LogP contribution in [0.1, 0.15) is 5.69 Å². The van der Waals surface area contributed by atoms with Crippen molar-refractivity contribution in [3.63, 3.8) is 0 Å². The van der Waals surface area contributed by atoms with Crippen LogP contribution in [0.25, 0.3) is 17.3 Å². The van der Waals surface area contributed by atoms with Gasteiger partial charge in [-0.25, -0.2) is 4.98 Å². The number of nitrogens with one attached hydrogen (secondary N) is 1. The van der Waals surface area contributed by atoms with Crippen LogP contribution in [0.3, 0.4) is 0 Å². The second kappa shape index (κ2) is 3.44. The summed E-state index contributed by atoms with van der Waals surface area (Å²) in [5.74, 6) is 0.837. The van der Waals surface area contributed by atoms with Gasteiger partial charge in [0.25, 0.3) is 0 Å². The number of fused-ring (bicyclic) bond motifs is 1. The molecule has 5 nitrogen and oxygen atoms in total. The Labute approximate surface area is 92.8 Å². The maximum Gasteiger partial charge on any atom is 0.152 e. The molecule has 0 saturated heterocycles. The maximum absolute atomic E-state index is 4.52. The molecular weight excluding hydrogens is 202 g/mol. The molecule has 0 bridgehead atoms. The summed E-state index contributed by atoms with van der Waals surface area (Å²) in [5, 5.41) is 7.31. The van der Waals surface area contributed by atoms with E-state index in [1.54, 1.807) is 17.1 Å². The third-order valence-electron chi connectivity index (χ3n) is 2.46. The predicted molar refractivity (Wildman–Crippen MR) is 61.8 cm³/mol. The van der Waals surface area contributed by atoms with E-state index in [9.17, 15) is 0 Å². The van der Waals surface area contributed by atoms with Crippen molar-refractivity contribution >= 4 is 11.9 Å². The molecular formula is C11H11N5. The first-order chi connectivity index (χ1) is 7.83. The summed E-state index contributed by atoms with van der Waals surface area (Å²) < 4.78 is 1.75. The molecule has 0 unspecified atom stereocenters. The van der Waals surface area contributed by atoms with Crippen molar-refractivity contribution in [2.24, 2.45) is 7.05 Å². The lowest BCUT2D eigenvalue weighted by Crippen LogP contribution is -2.08. The van der Waals surface area contributed by atoms with Gasteiger partial charge in [-0.1, -0.05) is 6.08 Å².